The molecule has 0 amide bonds. The summed E-state index contributed by atoms with van der Waals surface area (Å²) in [6, 6.07) is 14.5. The van der Waals surface area contributed by atoms with Crippen molar-refractivity contribution in [2.45, 2.75) is 13.0 Å². The van der Waals surface area contributed by atoms with Gasteiger partial charge >= 0.3 is 0 Å². The molecule has 9 heteroatoms. The maximum absolute atomic E-state index is 14.3. The average molecular weight is 502 g/mol. The molecular weight excluding hydrogens is 477 g/mol. The number of aromatic nitrogens is 3. The van der Waals surface area contributed by atoms with Gasteiger partial charge in [-0.1, -0.05) is 35.9 Å². The molecule has 4 aromatic rings. The summed E-state index contributed by atoms with van der Waals surface area (Å²) in [4.78, 5) is 17.9. The molecule has 1 aliphatic heterocycles. The van der Waals surface area contributed by atoms with Gasteiger partial charge in [-0.3, -0.25) is 9.88 Å². The van der Waals surface area contributed by atoms with Crippen molar-refractivity contribution in [1.82, 2.24) is 19.9 Å². The van der Waals surface area contributed by atoms with Crippen molar-refractivity contribution in [3.05, 3.63) is 77.5 Å². The number of halogens is 2. The Balaban J connectivity index is 1.40. The van der Waals surface area contributed by atoms with Crippen LogP contribution in [0.3, 0.4) is 0 Å². The van der Waals surface area contributed by atoms with Crippen LogP contribution in [0.1, 0.15) is 18.5 Å². The number of nitrogens with zero attached hydrogens (tertiary/aromatic N) is 6. The van der Waals surface area contributed by atoms with Crippen LogP contribution in [0.25, 0.3) is 22.0 Å². The van der Waals surface area contributed by atoms with Crippen molar-refractivity contribution < 1.29 is 4.39 Å². The zero-order valence-electron chi connectivity index (χ0n) is 19.8. The van der Waals surface area contributed by atoms with Crippen LogP contribution >= 0.6 is 11.6 Å². The monoisotopic (exact) mass is 501 g/mol. The minimum Gasteiger partial charge on any atom is -0.377 e. The fraction of sp³-hybridized carbons (Fsp3) is 0.259. The third-order valence-electron chi connectivity index (χ3n) is 6.48. The van der Waals surface area contributed by atoms with E-state index in [4.69, 9.17) is 16.9 Å². The van der Waals surface area contributed by atoms with E-state index in [1.165, 1.54) is 6.07 Å². The molecule has 1 atom stereocenters. The molecule has 1 aliphatic rings. The maximum atomic E-state index is 14.3. The Kier molecular flexibility index (Phi) is 6.94. The van der Waals surface area contributed by atoms with Gasteiger partial charge in [0.25, 0.3) is 0 Å². The Morgan fingerprint density at radius 3 is 2.50 bits per heavy atom. The Morgan fingerprint density at radius 2 is 1.78 bits per heavy atom. The van der Waals surface area contributed by atoms with Gasteiger partial charge in [-0.25, -0.2) is 14.4 Å². The summed E-state index contributed by atoms with van der Waals surface area (Å²) in [5.41, 5.74) is 3.84. The molecule has 1 fully saturated rings. The summed E-state index contributed by atoms with van der Waals surface area (Å²) in [5.74, 6) is 0.415. The molecular formula is C27H25ClFN7. The molecule has 1 unspecified atom stereocenters. The van der Waals surface area contributed by atoms with Crippen molar-refractivity contribution in [1.29, 1.82) is 5.26 Å². The molecule has 2 aromatic carbocycles. The van der Waals surface area contributed by atoms with Crippen molar-refractivity contribution in [3.63, 3.8) is 0 Å². The van der Waals surface area contributed by atoms with Gasteiger partial charge in [0.15, 0.2) is 0 Å². The zero-order valence-corrected chi connectivity index (χ0v) is 20.6. The lowest BCUT2D eigenvalue weighted by atomic mass is 10.0. The van der Waals surface area contributed by atoms with Crippen LogP contribution in [0.2, 0.25) is 5.02 Å². The van der Waals surface area contributed by atoms with E-state index in [1.807, 2.05) is 43.6 Å². The first-order chi connectivity index (χ1) is 17.5. The zero-order chi connectivity index (χ0) is 25.1. The summed E-state index contributed by atoms with van der Waals surface area (Å²) in [5, 5.41) is 13.6. The highest BCUT2D eigenvalue weighted by Crippen LogP contribution is 2.35. The normalized spacial score (nSPS) is 15.0. The molecule has 0 aliphatic carbocycles. The molecule has 0 bridgehead atoms. The van der Waals surface area contributed by atoms with Crippen LogP contribution in [0.15, 0.2) is 61.1 Å². The second kappa shape index (κ2) is 10.4. The van der Waals surface area contributed by atoms with Crippen molar-refractivity contribution in [2.24, 2.45) is 0 Å². The van der Waals surface area contributed by atoms with Gasteiger partial charge in [0, 0.05) is 61.3 Å². The summed E-state index contributed by atoms with van der Waals surface area (Å²) in [6.07, 6.45) is 5.24. The molecule has 0 radical (unpaired) electrons. The summed E-state index contributed by atoms with van der Waals surface area (Å²) >= 11 is 6.54. The fourth-order valence-corrected chi connectivity index (χ4v) is 4.66. The second-order valence-corrected chi connectivity index (χ2v) is 9.20. The van der Waals surface area contributed by atoms with Gasteiger partial charge in [-0.05, 0) is 30.7 Å². The molecule has 2 aromatic heterocycles. The standard InChI is InChI=1S/C27H25ClFN7/c1-18(21-4-2-3-5-24(21)29)34-26-22-14-19(6-7-25(22)31-17-23(26)28)20-15-32-27(33-16-20)36-12-10-35(9-8-30)11-13-36/h2-7,14-18H,9-13H2,1H3,(H,31,34). The van der Waals surface area contributed by atoms with E-state index in [9.17, 15) is 4.39 Å². The van der Waals surface area contributed by atoms with E-state index in [2.05, 4.69) is 36.1 Å². The van der Waals surface area contributed by atoms with E-state index in [-0.39, 0.29) is 11.9 Å². The Bertz CT molecular complexity index is 1410. The molecule has 3 heterocycles. The van der Waals surface area contributed by atoms with Gasteiger partial charge in [0.2, 0.25) is 5.95 Å². The highest BCUT2D eigenvalue weighted by Gasteiger charge is 2.19. The van der Waals surface area contributed by atoms with Crippen LogP contribution in [-0.2, 0) is 0 Å². The summed E-state index contributed by atoms with van der Waals surface area (Å²) < 4.78 is 14.3. The van der Waals surface area contributed by atoms with Crippen molar-refractivity contribution in [3.8, 4) is 17.2 Å². The number of hydrogen-bond acceptors (Lipinski definition) is 7. The largest absolute Gasteiger partial charge is 0.377 e. The van der Waals surface area contributed by atoms with Gasteiger partial charge in [0.05, 0.1) is 34.9 Å². The fourth-order valence-electron chi connectivity index (χ4n) is 4.45. The smallest absolute Gasteiger partial charge is 0.225 e. The van der Waals surface area contributed by atoms with E-state index < -0.39 is 0 Å². The third kappa shape index (κ3) is 4.94. The number of piperazine rings is 1. The predicted octanol–water partition coefficient (Wildman–Crippen LogP) is 5.30. The van der Waals surface area contributed by atoms with Crippen molar-refractivity contribution >= 4 is 34.1 Å². The second-order valence-electron chi connectivity index (χ2n) is 8.79. The molecule has 0 spiro atoms. The van der Waals surface area contributed by atoms with Gasteiger partial charge < -0.3 is 10.2 Å². The summed E-state index contributed by atoms with van der Waals surface area (Å²) in [6.45, 7) is 5.56. The van der Waals surface area contributed by atoms with Crippen LogP contribution in [-0.4, -0.2) is 52.6 Å². The van der Waals surface area contributed by atoms with Crippen LogP contribution in [0.5, 0.6) is 0 Å². The van der Waals surface area contributed by atoms with E-state index in [0.717, 1.165) is 48.2 Å². The Morgan fingerprint density at radius 1 is 1.03 bits per heavy atom. The lowest BCUT2D eigenvalue weighted by molar-refractivity contribution is 0.285. The minimum absolute atomic E-state index is 0.267. The number of nitrogens with one attached hydrogen (secondary N) is 1. The quantitative estimate of drug-likeness (QED) is 0.359. The highest BCUT2D eigenvalue weighted by atomic mass is 35.5. The van der Waals surface area contributed by atoms with Gasteiger partial charge in [-0.2, -0.15) is 5.26 Å². The number of anilines is 2. The van der Waals surface area contributed by atoms with Gasteiger partial charge in [-0.15, -0.1) is 0 Å². The number of benzene rings is 2. The molecule has 0 saturated carbocycles. The first kappa shape index (κ1) is 23.9. The first-order valence-electron chi connectivity index (χ1n) is 11.8. The molecule has 1 N–H and O–H groups in total. The molecule has 182 valence electrons. The van der Waals surface area contributed by atoms with Crippen LogP contribution in [0, 0.1) is 17.1 Å². The Hall–Kier alpha value is -3.80. The minimum atomic E-state index is -0.297. The molecule has 5 rings (SSSR count). The first-order valence-corrected chi connectivity index (χ1v) is 12.2. The number of rotatable bonds is 6. The molecule has 36 heavy (non-hydrogen) atoms. The highest BCUT2D eigenvalue weighted by molar-refractivity contribution is 6.34. The van der Waals surface area contributed by atoms with Gasteiger partial charge in [0.1, 0.15) is 5.82 Å². The lowest BCUT2D eigenvalue weighted by Crippen LogP contribution is -2.47. The number of fused-ring (bicyclic) bond motifs is 1. The number of nitriles is 1. The van der Waals surface area contributed by atoms with E-state index in [0.29, 0.717) is 28.8 Å². The SMILES string of the molecule is CC(Nc1c(Cl)cnc2ccc(-c3cnc(N4CCN(CC#N)CC4)nc3)cc12)c1ccccc1F. The predicted molar refractivity (Wildman–Crippen MR) is 140 cm³/mol. The van der Waals surface area contributed by atoms with Crippen LogP contribution < -0.4 is 10.2 Å². The maximum Gasteiger partial charge on any atom is 0.225 e. The van der Waals surface area contributed by atoms with Crippen LogP contribution in [0.4, 0.5) is 16.0 Å². The Labute approximate surface area is 214 Å². The number of pyridine rings is 1. The topological polar surface area (TPSA) is 81.0 Å². The average Bonchev–Trinajstić information content (AvgIpc) is 2.91. The summed E-state index contributed by atoms with van der Waals surface area (Å²) in [7, 11) is 0. The molecule has 7 nitrogen and oxygen atoms in total. The van der Waals surface area contributed by atoms with Crippen molar-refractivity contribution in [2.75, 3.05) is 42.9 Å². The number of hydrogen-bond donors (Lipinski definition) is 1. The van der Waals surface area contributed by atoms with E-state index >= 15 is 0 Å². The lowest BCUT2D eigenvalue weighted by Gasteiger charge is -2.33. The third-order valence-corrected chi connectivity index (χ3v) is 6.76. The van der Waals surface area contributed by atoms with E-state index in [1.54, 1.807) is 18.3 Å². The molecule has 1 saturated heterocycles.